The average molecular weight is 433 g/mol. The van der Waals surface area contributed by atoms with Crippen molar-refractivity contribution in [2.75, 3.05) is 35.7 Å². The van der Waals surface area contributed by atoms with Crippen LogP contribution in [0.3, 0.4) is 0 Å². The van der Waals surface area contributed by atoms with Gasteiger partial charge < -0.3 is 20.5 Å². The van der Waals surface area contributed by atoms with E-state index in [9.17, 15) is 9.59 Å². The van der Waals surface area contributed by atoms with Crippen molar-refractivity contribution in [3.05, 3.63) is 64.2 Å². The van der Waals surface area contributed by atoms with E-state index in [-0.39, 0.29) is 17.2 Å². The average Bonchev–Trinajstić information content (AvgIpc) is 2.85. The molecule has 1 saturated heterocycles. The zero-order valence-corrected chi connectivity index (χ0v) is 18.4. The van der Waals surface area contributed by atoms with Gasteiger partial charge in [0.05, 0.1) is 5.69 Å². The monoisotopic (exact) mass is 432 g/mol. The molecule has 0 aliphatic carbocycles. The van der Waals surface area contributed by atoms with Crippen LogP contribution in [0.1, 0.15) is 42.2 Å². The van der Waals surface area contributed by atoms with Crippen LogP contribution in [0.5, 0.6) is 0 Å². The number of hydrogen-bond donors (Lipinski definition) is 3. The fourth-order valence-corrected chi connectivity index (χ4v) is 3.83. The Morgan fingerprint density at radius 3 is 2.53 bits per heavy atom. The van der Waals surface area contributed by atoms with E-state index in [1.165, 1.54) is 19.3 Å². The van der Waals surface area contributed by atoms with E-state index in [0.29, 0.717) is 22.8 Å². The first-order valence-electron chi connectivity index (χ1n) is 11.0. The maximum Gasteiger partial charge on any atom is 0.271 e. The predicted molar refractivity (Wildman–Crippen MR) is 127 cm³/mol. The lowest BCUT2D eigenvalue weighted by molar-refractivity contribution is 0.102. The van der Waals surface area contributed by atoms with Crippen molar-refractivity contribution in [1.29, 1.82) is 0 Å². The van der Waals surface area contributed by atoms with Crippen LogP contribution in [-0.4, -0.2) is 41.0 Å². The van der Waals surface area contributed by atoms with Crippen LogP contribution >= 0.6 is 0 Å². The van der Waals surface area contributed by atoms with Crippen LogP contribution < -0.4 is 21.1 Å². The van der Waals surface area contributed by atoms with E-state index >= 15 is 0 Å². The normalized spacial score (nSPS) is 13.6. The number of hydrogen-bond acceptors (Lipinski definition) is 6. The van der Waals surface area contributed by atoms with Crippen molar-refractivity contribution in [3.63, 3.8) is 0 Å². The molecule has 3 aromatic rings. The number of amides is 1. The SMILES string of the molecule is CCc1cc(-c2c[nH]c(=O)c(NC(=O)c3ccc(N4CCCCC4)cc3)c2)nc(NC)n1. The van der Waals surface area contributed by atoms with Crippen LogP contribution in [-0.2, 0) is 6.42 Å². The number of rotatable bonds is 6. The van der Waals surface area contributed by atoms with E-state index < -0.39 is 0 Å². The molecule has 3 heterocycles. The molecule has 1 aromatic carbocycles. The van der Waals surface area contributed by atoms with E-state index in [2.05, 4.69) is 30.5 Å². The number of benzene rings is 1. The Morgan fingerprint density at radius 2 is 1.84 bits per heavy atom. The molecule has 0 spiro atoms. The minimum atomic E-state index is -0.370. The predicted octanol–water partition coefficient (Wildman–Crippen LogP) is 3.68. The number of aromatic amines is 1. The summed E-state index contributed by atoms with van der Waals surface area (Å²) in [6.45, 7) is 4.11. The molecule has 1 aliphatic heterocycles. The van der Waals surface area contributed by atoms with Gasteiger partial charge in [-0.25, -0.2) is 9.97 Å². The lowest BCUT2D eigenvalue weighted by atomic mass is 10.1. The lowest BCUT2D eigenvalue weighted by Gasteiger charge is -2.28. The second kappa shape index (κ2) is 9.64. The minimum absolute atomic E-state index is 0.176. The van der Waals surface area contributed by atoms with Crippen LogP contribution in [0.25, 0.3) is 11.3 Å². The van der Waals surface area contributed by atoms with Gasteiger partial charge in [-0.3, -0.25) is 9.59 Å². The molecule has 3 N–H and O–H groups in total. The summed E-state index contributed by atoms with van der Waals surface area (Å²) in [7, 11) is 1.76. The molecule has 0 radical (unpaired) electrons. The standard InChI is InChI=1S/C24H28N6O2/c1-3-18-14-20(29-24(25-2)27-18)17-13-21(23(32)26-15-17)28-22(31)16-7-9-19(10-8-16)30-11-5-4-6-12-30/h7-10,13-15H,3-6,11-12H2,1-2H3,(H,26,32)(H,28,31)(H,25,27,29). The minimum Gasteiger partial charge on any atom is -0.372 e. The van der Waals surface area contributed by atoms with Gasteiger partial charge in [-0.15, -0.1) is 0 Å². The first-order valence-corrected chi connectivity index (χ1v) is 11.0. The summed E-state index contributed by atoms with van der Waals surface area (Å²) in [4.78, 5) is 39.0. The molecule has 0 saturated carbocycles. The summed E-state index contributed by atoms with van der Waals surface area (Å²) in [5.41, 5.74) is 3.67. The fraction of sp³-hybridized carbons (Fsp3) is 0.333. The molecule has 0 atom stereocenters. The van der Waals surface area contributed by atoms with Gasteiger partial charge in [0.25, 0.3) is 11.5 Å². The van der Waals surface area contributed by atoms with Gasteiger partial charge in [0.1, 0.15) is 5.69 Å². The molecule has 8 nitrogen and oxygen atoms in total. The smallest absolute Gasteiger partial charge is 0.271 e. The van der Waals surface area contributed by atoms with Crippen LogP contribution in [0.2, 0.25) is 0 Å². The Labute approximate surface area is 187 Å². The summed E-state index contributed by atoms with van der Waals surface area (Å²) in [6.07, 6.45) is 6.01. The molecule has 8 heteroatoms. The topological polar surface area (TPSA) is 103 Å². The second-order valence-corrected chi connectivity index (χ2v) is 7.85. The molecular formula is C24H28N6O2. The third-order valence-electron chi connectivity index (χ3n) is 5.66. The van der Waals surface area contributed by atoms with E-state index in [0.717, 1.165) is 30.9 Å². The largest absolute Gasteiger partial charge is 0.372 e. The number of nitrogens with one attached hydrogen (secondary N) is 3. The van der Waals surface area contributed by atoms with Crippen molar-refractivity contribution in [3.8, 4) is 11.3 Å². The highest BCUT2D eigenvalue weighted by atomic mass is 16.2. The number of pyridine rings is 1. The number of nitrogens with zero attached hydrogens (tertiary/aromatic N) is 3. The zero-order chi connectivity index (χ0) is 22.5. The Morgan fingerprint density at radius 1 is 1.09 bits per heavy atom. The Kier molecular flexibility index (Phi) is 6.49. The van der Waals surface area contributed by atoms with Gasteiger partial charge in [-0.2, -0.15) is 0 Å². The Hall–Kier alpha value is -3.68. The summed E-state index contributed by atoms with van der Waals surface area (Å²) >= 11 is 0. The summed E-state index contributed by atoms with van der Waals surface area (Å²) in [5.74, 6) is 0.177. The van der Waals surface area contributed by atoms with Gasteiger partial charge in [-0.05, 0) is 62.1 Å². The van der Waals surface area contributed by atoms with E-state index in [1.807, 2.05) is 25.1 Å². The lowest BCUT2D eigenvalue weighted by Crippen LogP contribution is -2.29. The van der Waals surface area contributed by atoms with Crippen molar-refractivity contribution in [1.82, 2.24) is 15.0 Å². The number of H-pyrrole nitrogens is 1. The quantitative estimate of drug-likeness (QED) is 0.549. The number of carbonyl (C=O) groups excluding carboxylic acids is 1. The van der Waals surface area contributed by atoms with Gasteiger partial charge in [0.15, 0.2) is 0 Å². The first kappa shape index (κ1) is 21.5. The maximum atomic E-state index is 12.8. The first-order chi connectivity index (χ1) is 15.6. The third-order valence-corrected chi connectivity index (χ3v) is 5.66. The molecular weight excluding hydrogens is 404 g/mol. The molecule has 166 valence electrons. The number of piperidine rings is 1. The van der Waals surface area contributed by atoms with Gasteiger partial charge in [-0.1, -0.05) is 6.92 Å². The molecule has 1 amide bonds. The summed E-state index contributed by atoms with van der Waals surface area (Å²) in [5, 5.41) is 5.69. The molecule has 4 rings (SSSR count). The number of aryl methyl sites for hydroxylation is 1. The van der Waals surface area contributed by atoms with Crippen molar-refractivity contribution in [2.45, 2.75) is 32.6 Å². The van der Waals surface area contributed by atoms with Crippen LogP contribution in [0, 0.1) is 0 Å². The highest BCUT2D eigenvalue weighted by Gasteiger charge is 2.14. The Balaban J connectivity index is 1.54. The number of anilines is 3. The molecule has 2 aromatic heterocycles. The second-order valence-electron chi connectivity index (χ2n) is 7.85. The zero-order valence-electron chi connectivity index (χ0n) is 18.4. The van der Waals surface area contributed by atoms with Gasteiger partial charge >= 0.3 is 0 Å². The van der Waals surface area contributed by atoms with Crippen molar-refractivity contribution >= 4 is 23.2 Å². The summed E-state index contributed by atoms with van der Waals surface area (Å²) < 4.78 is 0. The molecule has 0 bridgehead atoms. The van der Waals surface area contributed by atoms with Crippen LogP contribution in [0.15, 0.2) is 47.4 Å². The Bertz CT molecular complexity index is 1130. The molecule has 1 fully saturated rings. The summed E-state index contributed by atoms with van der Waals surface area (Å²) in [6, 6.07) is 11.0. The van der Waals surface area contributed by atoms with E-state index in [4.69, 9.17) is 0 Å². The van der Waals surface area contributed by atoms with Crippen molar-refractivity contribution < 1.29 is 4.79 Å². The molecule has 0 unspecified atom stereocenters. The molecule has 1 aliphatic rings. The van der Waals surface area contributed by atoms with Gasteiger partial charge in [0, 0.05) is 48.8 Å². The molecule has 32 heavy (non-hydrogen) atoms. The van der Waals surface area contributed by atoms with Crippen molar-refractivity contribution in [2.24, 2.45) is 0 Å². The maximum absolute atomic E-state index is 12.8. The fourth-order valence-electron chi connectivity index (χ4n) is 3.83. The van der Waals surface area contributed by atoms with Gasteiger partial charge in [0.2, 0.25) is 5.95 Å². The number of carbonyl (C=O) groups is 1. The third kappa shape index (κ3) is 4.80. The van der Waals surface area contributed by atoms with E-state index in [1.54, 1.807) is 31.4 Å². The van der Waals surface area contributed by atoms with Crippen LogP contribution in [0.4, 0.5) is 17.3 Å². The highest BCUT2D eigenvalue weighted by molar-refractivity contribution is 6.04. The highest BCUT2D eigenvalue weighted by Crippen LogP contribution is 2.22. The number of aromatic nitrogens is 3.